The molecule has 2 aromatic carbocycles. The van der Waals surface area contributed by atoms with Gasteiger partial charge >= 0.3 is 5.69 Å². The van der Waals surface area contributed by atoms with Crippen molar-refractivity contribution in [3.8, 4) is 5.75 Å². The third-order valence-electron chi connectivity index (χ3n) is 4.93. The van der Waals surface area contributed by atoms with E-state index < -0.39 is 4.92 Å². The van der Waals surface area contributed by atoms with Gasteiger partial charge in [-0.05, 0) is 18.6 Å². The van der Waals surface area contributed by atoms with Crippen LogP contribution in [0.3, 0.4) is 0 Å². The maximum absolute atomic E-state index is 11.7. The van der Waals surface area contributed by atoms with Crippen LogP contribution in [-0.4, -0.2) is 59.2 Å². The number of nitrogens with one attached hydrogen (secondary N) is 1. The number of nitrogens with zero attached hydrogens (tertiary/aromatic N) is 4. The van der Waals surface area contributed by atoms with Gasteiger partial charge in [-0.25, -0.2) is 9.97 Å². The second kappa shape index (κ2) is 9.47. The number of fused-ring (bicyclic) bond motifs is 1. The molecule has 0 amide bonds. The van der Waals surface area contributed by atoms with Gasteiger partial charge < -0.3 is 14.8 Å². The maximum Gasteiger partial charge on any atom is 0.311 e. The lowest BCUT2D eigenvalue weighted by atomic mass is 10.2. The van der Waals surface area contributed by atoms with Gasteiger partial charge in [0, 0.05) is 37.5 Å². The summed E-state index contributed by atoms with van der Waals surface area (Å²) in [6, 6.07) is 12.6. The van der Waals surface area contributed by atoms with Crippen LogP contribution in [0.4, 0.5) is 17.2 Å². The first-order valence-electron chi connectivity index (χ1n) is 9.89. The molecule has 0 saturated carbocycles. The number of ether oxygens (including phenoxy) is 2. The number of rotatable bonds is 8. The van der Waals surface area contributed by atoms with Gasteiger partial charge in [0.05, 0.1) is 35.6 Å². The van der Waals surface area contributed by atoms with Crippen molar-refractivity contribution in [1.29, 1.82) is 0 Å². The number of aromatic nitrogens is 2. The van der Waals surface area contributed by atoms with Crippen LogP contribution in [-0.2, 0) is 4.74 Å². The standard InChI is InChI=1S/C21H23N5O4/c27-26(28)19-13-17-18(22-15-23-21(17)24-16-5-2-1-3-6-16)14-20(19)30-10-4-7-25-8-11-29-12-9-25/h1-3,5-6,13-15H,4,7-12H2,(H,22,23,24). The summed E-state index contributed by atoms with van der Waals surface area (Å²) in [6.07, 6.45) is 2.21. The SMILES string of the molecule is O=[N+]([O-])c1cc2c(Nc3ccccc3)ncnc2cc1OCCCN1CCOCC1. The van der Waals surface area contributed by atoms with Crippen molar-refractivity contribution in [3.63, 3.8) is 0 Å². The van der Waals surface area contributed by atoms with E-state index in [0.717, 1.165) is 45.0 Å². The van der Waals surface area contributed by atoms with Crippen LogP contribution in [0.15, 0.2) is 48.8 Å². The third kappa shape index (κ3) is 4.81. The van der Waals surface area contributed by atoms with Gasteiger partial charge in [-0.1, -0.05) is 18.2 Å². The van der Waals surface area contributed by atoms with E-state index in [9.17, 15) is 10.1 Å². The van der Waals surface area contributed by atoms with E-state index in [2.05, 4.69) is 20.2 Å². The van der Waals surface area contributed by atoms with Crippen molar-refractivity contribution < 1.29 is 14.4 Å². The molecule has 0 aliphatic carbocycles. The van der Waals surface area contributed by atoms with E-state index in [1.165, 1.54) is 12.4 Å². The zero-order valence-corrected chi connectivity index (χ0v) is 16.5. The topological polar surface area (TPSA) is 103 Å². The fraction of sp³-hybridized carbons (Fsp3) is 0.333. The van der Waals surface area contributed by atoms with Crippen molar-refractivity contribution in [2.45, 2.75) is 6.42 Å². The quantitative estimate of drug-likeness (QED) is 0.343. The van der Waals surface area contributed by atoms with E-state index in [4.69, 9.17) is 9.47 Å². The molecule has 9 heteroatoms. The summed E-state index contributed by atoms with van der Waals surface area (Å²) in [7, 11) is 0. The lowest BCUT2D eigenvalue weighted by molar-refractivity contribution is -0.385. The fourth-order valence-corrected chi connectivity index (χ4v) is 3.38. The average Bonchev–Trinajstić information content (AvgIpc) is 2.78. The van der Waals surface area contributed by atoms with Crippen LogP contribution in [0.2, 0.25) is 0 Å². The minimum absolute atomic E-state index is 0.0974. The molecule has 1 N–H and O–H groups in total. The number of morpholine rings is 1. The van der Waals surface area contributed by atoms with Crippen LogP contribution in [0.25, 0.3) is 10.9 Å². The van der Waals surface area contributed by atoms with E-state index in [-0.39, 0.29) is 11.4 Å². The summed E-state index contributed by atoms with van der Waals surface area (Å²) < 4.78 is 11.1. The van der Waals surface area contributed by atoms with E-state index in [0.29, 0.717) is 23.3 Å². The Balaban J connectivity index is 1.51. The molecule has 0 spiro atoms. The number of para-hydroxylation sites is 1. The first kappa shape index (κ1) is 20.0. The van der Waals surface area contributed by atoms with Crippen molar-refractivity contribution in [3.05, 3.63) is 58.9 Å². The third-order valence-corrected chi connectivity index (χ3v) is 4.93. The van der Waals surface area contributed by atoms with E-state index in [1.807, 2.05) is 30.3 Å². The minimum Gasteiger partial charge on any atom is -0.487 e. The van der Waals surface area contributed by atoms with E-state index >= 15 is 0 Å². The molecule has 0 radical (unpaired) electrons. The molecule has 9 nitrogen and oxygen atoms in total. The zero-order valence-electron chi connectivity index (χ0n) is 16.5. The summed E-state index contributed by atoms with van der Waals surface area (Å²) in [6.45, 7) is 4.57. The molecule has 0 unspecified atom stereocenters. The maximum atomic E-state index is 11.7. The highest BCUT2D eigenvalue weighted by atomic mass is 16.6. The summed E-state index contributed by atoms with van der Waals surface area (Å²) >= 11 is 0. The first-order valence-corrected chi connectivity index (χ1v) is 9.89. The highest BCUT2D eigenvalue weighted by Gasteiger charge is 2.19. The summed E-state index contributed by atoms with van der Waals surface area (Å²) in [4.78, 5) is 22.1. The van der Waals surface area contributed by atoms with E-state index in [1.54, 1.807) is 6.07 Å². The highest BCUT2D eigenvalue weighted by molar-refractivity contribution is 5.93. The van der Waals surface area contributed by atoms with Crippen molar-refractivity contribution in [2.24, 2.45) is 0 Å². The number of anilines is 2. The molecule has 156 valence electrons. The van der Waals surface area contributed by atoms with Crippen molar-refractivity contribution in [2.75, 3.05) is 44.8 Å². The molecule has 0 atom stereocenters. The van der Waals surface area contributed by atoms with Crippen LogP contribution in [0.1, 0.15) is 6.42 Å². The summed E-state index contributed by atoms with van der Waals surface area (Å²) in [5.74, 6) is 0.729. The minimum atomic E-state index is -0.434. The molecular formula is C21H23N5O4. The molecule has 3 aromatic rings. The predicted octanol–water partition coefficient (Wildman–Crippen LogP) is 3.38. The van der Waals surface area contributed by atoms with Crippen LogP contribution in [0.5, 0.6) is 5.75 Å². The van der Waals surface area contributed by atoms with Gasteiger partial charge in [0.15, 0.2) is 5.75 Å². The molecule has 1 saturated heterocycles. The Morgan fingerprint density at radius 2 is 1.97 bits per heavy atom. The van der Waals surface area contributed by atoms with Gasteiger partial charge in [0.1, 0.15) is 12.1 Å². The van der Waals surface area contributed by atoms with Crippen molar-refractivity contribution >= 4 is 28.1 Å². The monoisotopic (exact) mass is 409 g/mol. The smallest absolute Gasteiger partial charge is 0.311 e. The van der Waals surface area contributed by atoms with Gasteiger partial charge in [-0.15, -0.1) is 0 Å². The largest absolute Gasteiger partial charge is 0.487 e. The molecule has 2 heterocycles. The molecule has 1 aliphatic heterocycles. The second-order valence-electron chi connectivity index (χ2n) is 6.96. The van der Waals surface area contributed by atoms with Crippen LogP contribution in [0, 0.1) is 10.1 Å². The lowest BCUT2D eigenvalue weighted by Gasteiger charge is -2.26. The first-order chi connectivity index (χ1) is 14.7. The number of hydrogen-bond donors (Lipinski definition) is 1. The van der Waals surface area contributed by atoms with Crippen LogP contribution >= 0.6 is 0 Å². The van der Waals surface area contributed by atoms with Gasteiger partial charge in [0.25, 0.3) is 0 Å². The van der Waals surface area contributed by atoms with Gasteiger partial charge in [0.2, 0.25) is 0 Å². The Morgan fingerprint density at radius 1 is 1.17 bits per heavy atom. The Hall–Kier alpha value is -3.30. The Bertz CT molecular complexity index is 1010. The molecule has 1 aromatic heterocycles. The van der Waals surface area contributed by atoms with Gasteiger partial charge in [-0.2, -0.15) is 0 Å². The summed E-state index contributed by atoms with van der Waals surface area (Å²) in [5, 5.41) is 15.4. The number of nitro benzene ring substituents is 1. The van der Waals surface area contributed by atoms with Crippen molar-refractivity contribution in [1.82, 2.24) is 14.9 Å². The number of benzene rings is 2. The van der Waals surface area contributed by atoms with Crippen LogP contribution < -0.4 is 10.1 Å². The predicted molar refractivity (Wildman–Crippen MR) is 113 cm³/mol. The Kier molecular flexibility index (Phi) is 6.31. The molecule has 4 rings (SSSR count). The Labute approximate surface area is 173 Å². The number of hydrogen-bond acceptors (Lipinski definition) is 8. The molecular weight excluding hydrogens is 386 g/mol. The summed E-state index contributed by atoms with van der Waals surface area (Å²) in [5.41, 5.74) is 1.32. The normalized spacial score (nSPS) is 14.5. The Morgan fingerprint density at radius 3 is 2.73 bits per heavy atom. The fourth-order valence-electron chi connectivity index (χ4n) is 3.38. The molecule has 1 fully saturated rings. The zero-order chi connectivity index (χ0) is 20.8. The lowest BCUT2D eigenvalue weighted by Crippen LogP contribution is -2.37. The molecule has 0 bridgehead atoms. The average molecular weight is 409 g/mol. The van der Waals surface area contributed by atoms with Gasteiger partial charge in [-0.3, -0.25) is 15.0 Å². The highest BCUT2D eigenvalue weighted by Crippen LogP contribution is 2.34. The molecule has 1 aliphatic rings. The second-order valence-corrected chi connectivity index (χ2v) is 6.96. The molecule has 30 heavy (non-hydrogen) atoms. The number of nitro groups is 1.